The van der Waals surface area contributed by atoms with Gasteiger partial charge in [0.2, 0.25) is 5.91 Å². The second-order valence-electron chi connectivity index (χ2n) is 5.86. The third-order valence-corrected chi connectivity index (χ3v) is 4.79. The number of carbonyl (C=O) groups is 1. The SMILES string of the molecule is CC(=O)N1CCC(O)(c2cc3c(Cl)ncnc3n(C)c2=O)CC1. The molecule has 1 N–H and O–H groups in total. The summed E-state index contributed by atoms with van der Waals surface area (Å²) in [5, 5.41) is 11.7. The van der Waals surface area contributed by atoms with Gasteiger partial charge in [-0.3, -0.25) is 14.2 Å². The number of nitrogens with zero attached hydrogens (tertiary/aromatic N) is 4. The number of hydrogen-bond acceptors (Lipinski definition) is 5. The van der Waals surface area contributed by atoms with Crippen molar-refractivity contribution in [3.63, 3.8) is 0 Å². The molecular formula is C15H17ClN4O3. The molecule has 0 bridgehead atoms. The van der Waals surface area contributed by atoms with Crippen LogP contribution in [0.4, 0.5) is 0 Å². The fourth-order valence-corrected chi connectivity index (χ4v) is 3.22. The maximum atomic E-state index is 12.6. The number of halogens is 1. The minimum atomic E-state index is -1.28. The summed E-state index contributed by atoms with van der Waals surface area (Å²) in [5.41, 5.74) is -0.907. The molecule has 3 rings (SSSR count). The molecule has 23 heavy (non-hydrogen) atoms. The lowest BCUT2D eigenvalue weighted by molar-refractivity contribution is -0.133. The van der Waals surface area contributed by atoms with E-state index in [4.69, 9.17) is 11.6 Å². The number of piperidine rings is 1. The summed E-state index contributed by atoms with van der Waals surface area (Å²) in [4.78, 5) is 33.7. The standard InChI is InChI=1S/C15H17ClN4O3/c1-9(21)20-5-3-15(23,4-6-20)11-7-10-12(16)17-8-18-13(10)19(2)14(11)22/h7-8,23H,3-6H2,1-2H3. The van der Waals surface area contributed by atoms with Gasteiger partial charge in [-0.15, -0.1) is 0 Å². The van der Waals surface area contributed by atoms with Crippen LogP contribution < -0.4 is 5.56 Å². The number of fused-ring (bicyclic) bond motifs is 1. The second-order valence-corrected chi connectivity index (χ2v) is 6.22. The van der Waals surface area contributed by atoms with Gasteiger partial charge in [0.25, 0.3) is 5.56 Å². The lowest BCUT2D eigenvalue weighted by Gasteiger charge is -2.37. The maximum absolute atomic E-state index is 12.6. The van der Waals surface area contributed by atoms with Gasteiger partial charge in [0.1, 0.15) is 17.1 Å². The number of likely N-dealkylation sites (tertiary alicyclic amines) is 1. The Balaban J connectivity index is 2.10. The lowest BCUT2D eigenvalue weighted by Crippen LogP contribution is -2.47. The van der Waals surface area contributed by atoms with Gasteiger partial charge in [-0.25, -0.2) is 9.97 Å². The average Bonchev–Trinajstić information content (AvgIpc) is 2.51. The van der Waals surface area contributed by atoms with Crippen molar-refractivity contribution in [2.45, 2.75) is 25.4 Å². The molecule has 8 heteroatoms. The molecule has 0 aliphatic carbocycles. The first-order valence-electron chi connectivity index (χ1n) is 7.32. The van der Waals surface area contributed by atoms with Gasteiger partial charge in [-0.2, -0.15) is 0 Å². The third-order valence-electron chi connectivity index (χ3n) is 4.49. The van der Waals surface area contributed by atoms with E-state index in [1.165, 1.54) is 17.8 Å². The molecule has 3 heterocycles. The monoisotopic (exact) mass is 336 g/mol. The zero-order chi connectivity index (χ0) is 16.8. The van der Waals surface area contributed by atoms with Crippen LogP contribution in [0.1, 0.15) is 25.3 Å². The van der Waals surface area contributed by atoms with Crippen molar-refractivity contribution < 1.29 is 9.90 Å². The number of aliphatic hydroxyl groups is 1. The Bertz CT molecular complexity index is 840. The van der Waals surface area contributed by atoms with E-state index in [1.807, 2.05) is 0 Å². The molecule has 122 valence electrons. The summed E-state index contributed by atoms with van der Waals surface area (Å²) in [6.45, 7) is 2.31. The van der Waals surface area contributed by atoms with E-state index in [9.17, 15) is 14.7 Å². The summed E-state index contributed by atoms with van der Waals surface area (Å²) in [5.74, 6) is -0.0325. The largest absolute Gasteiger partial charge is 0.385 e. The zero-order valence-corrected chi connectivity index (χ0v) is 13.7. The van der Waals surface area contributed by atoms with Crippen LogP contribution in [0.15, 0.2) is 17.2 Å². The smallest absolute Gasteiger partial charge is 0.258 e. The summed E-state index contributed by atoms with van der Waals surface area (Å²) < 4.78 is 1.37. The van der Waals surface area contributed by atoms with Crippen LogP contribution in [-0.4, -0.2) is 43.5 Å². The van der Waals surface area contributed by atoms with Gasteiger partial charge in [0.05, 0.1) is 11.0 Å². The predicted molar refractivity (Wildman–Crippen MR) is 85.2 cm³/mol. The van der Waals surface area contributed by atoms with Gasteiger partial charge in [-0.05, 0) is 18.9 Å². The fourth-order valence-electron chi connectivity index (χ4n) is 3.03. The average molecular weight is 337 g/mol. The molecule has 1 aliphatic rings. The van der Waals surface area contributed by atoms with E-state index in [2.05, 4.69) is 9.97 Å². The summed E-state index contributed by atoms with van der Waals surface area (Å²) in [6, 6.07) is 1.57. The minimum Gasteiger partial charge on any atom is -0.385 e. The first-order valence-corrected chi connectivity index (χ1v) is 7.70. The molecule has 1 aliphatic heterocycles. The Morgan fingerprint density at radius 1 is 1.35 bits per heavy atom. The fraction of sp³-hybridized carbons (Fsp3) is 0.467. The molecule has 2 aromatic rings. The van der Waals surface area contributed by atoms with E-state index in [0.29, 0.717) is 37.0 Å². The topological polar surface area (TPSA) is 88.3 Å². The van der Waals surface area contributed by atoms with Gasteiger partial charge < -0.3 is 10.0 Å². The molecule has 1 amide bonds. The second kappa shape index (κ2) is 5.58. The summed E-state index contributed by atoms with van der Waals surface area (Å²) in [6.07, 6.45) is 1.90. The Kier molecular flexibility index (Phi) is 3.85. The van der Waals surface area contributed by atoms with Crippen molar-refractivity contribution in [2.75, 3.05) is 13.1 Å². The quantitative estimate of drug-likeness (QED) is 0.779. The first-order chi connectivity index (χ1) is 10.8. The first kappa shape index (κ1) is 15.9. The minimum absolute atomic E-state index is 0.0325. The van der Waals surface area contributed by atoms with Crippen molar-refractivity contribution in [1.82, 2.24) is 19.4 Å². The van der Waals surface area contributed by atoms with E-state index >= 15 is 0 Å². The molecule has 2 aromatic heterocycles. The molecule has 0 spiro atoms. The highest BCUT2D eigenvalue weighted by Gasteiger charge is 2.37. The molecule has 0 saturated carbocycles. The Morgan fingerprint density at radius 3 is 2.61 bits per heavy atom. The predicted octanol–water partition coefficient (Wildman–Crippen LogP) is 0.812. The number of pyridine rings is 1. The number of amides is 1. The summed E-state index contributed by atoms with van der Waals surface area (Å²) in [7, 11) is 1.59. The lowest BCUT2D eigenvalue weighted by atomic mass is 9.84. The Hall–Kier alpha value is -1.99. The van der Waals surface area contributed by atoms with Crippen LogP contribution in [0.5, 0.6) is 0 Å². The normalized spacial score (nSPS) is 17.5. The van der Waals surface area contributed by atoms with E-state index < -0.39 is 5.60 Å². The molecule has 0 atom stereocenters. The molecule has 1 fully saturated rings. The number of aryl methyl sites for hydroxylation is 1. The highest BCUT2D eigenvalue weighted by atomic mass is 35.5. The van der Waals surface area contributed by atoms with Gasteiger partial charge in [0, 0.05) is 32.6 Å². The van der Waals surface area contributed by atoms with Crippen molar-refractivity contribution in [2.24, 2.45) is 7.05 Å². The van der Waals surface area contributed by atoms with Crippen LogP contribution in [0.3, 0.4) is 0 Å². The van der Waals surface area contributed by atoms with Crippen LogP contribution in [0.2, 0.25) is 5.15 Å². The molecule has 0 radical (unpaired) electrons. The highest BCUT2D eigenvalue weighted by molar-refractivity contribution is 6.33. The number of rotatable bonds is 1. The molecular weight excluding hydrogens is 320 g/mol. The third kappa shape index (κ3) is 2.60. The van der Waals surface area contributed by atoms with Crippen LogP contribution in [0, 0.1) is 0 Å². The van der Waals surface area contributed by atoms with E-state index in [1.54, 1.807) is 18.0 Å². The van der Waals surface area contributed by atoms with Crippen molar-refractivity contribution in [3.05, 3.63) is 33.5 Å². The summed E-state index contributed by atoms with van der Waals surface area (Å²) >= 11 is 6.10. The van der Waals surface area contributed by atoms with Gasteiger partial charge in [0.15, 0.2) is 0 Å². The Morgan fingerprint density at radius 2 is 2.00 bits per heavy atom. The number of aromatic nitrogens is 3. The molecule has 1 saturated heterocycles. The molecule has 0 aromatic carbocycles. The van der Waals surface area contributed by atoms with Crippen molar-refractivity contribution in [1.29, 1.82) is 0 Å². The maximum Gasteiger partial charge on any atom is 0.258 e. The number of hydrogen-bond donors (Lipinski definition) is 1. The van der Waals surface area contributed by atoms with Crippen molar-refractivity contribution >= 4 is 28.5 Å². The molecule has 0 unspecified atom stereocenters. The van der Waals surface area contributed by atoms with Crippen LogP contribution >= 0.6 is 11.6 Å². The zero-order valence-electron chi connectivity index (χ0n) is 12.9. The van der Waals surface area contributed by atoms with Crippen molar-refractivity contribution in [3.8, 4) is 0 Å². The Labute approximate surface area is 137 Å². The van der Waals surface area contributed by atoms with Crippen LogP contribution in [-0.2, 0) is 17.4 Å². The van der Waals surface area contributed by atoms with Crippen LogP contribution in [0.25, 0.3) is 11.0 Å². The molecule has 7 nitrogen and oxygen atoms in total. The van der Waals surface area contributed by atoms with Gasteiger partial charge >= 0.3 is 0 Å². The van der Waals surface area contributed by atoms with E-state index in [0.717, 1.165) is 0 Å². The van der Waals surface area contributed by atoms with E-state index in [-0.39, 0.29) is 22.2 Å². The van der Waals surface area contributed by atoms with Gasteiger partial charge in [-0.1, -0.05) is 11.6 Å². The number of carbonyl (C=O) groups excluding carboxylic acids is 1. The highest BCUT2D eigenvalue weighted by Crippen LogP contribution is 2.33.